The van der Waals surface area contributed by atoms with E-state index in [-0.39, 0.29) is 0 Å². The molecule has 4 heteroatoms. The normalized spacial score (nSPS) is 16.3. The highest BCUT2D eigenvalue weighted by molar-refractivity contribution is 6.30. The van der Waals surface area contributed by atoms with Crippen LogP contribution in [-0.4, -0.2) is 29.6 Å². The Hall–Kier alpha value is -1.08. The molecule has 0 radical (unpaired) electrons. The van der Waals surface area contributed by atoms with E-state index in [0.29, 0.717) is 18.0 Å². The van der Waals surface area contributed by atoms with E-state index in [1.165, 1.54) is 12.8 Å². The molecule has 1 N–H and O–H groups in total. The van der Waals surface area contributed by atoms with Gasteiger partial charge in [0, 0.05) is 31.1 Å². The summed E-state index contributed by atoms with van der Waals surface area (Å²) in [5.41, 5.74) is 0.877. The molecule has 0 aliphatic heterocycles. The Morgan fingerprint density at radius 1 is 1.37 bits per heavy atom. The smallest absolute Gasteiger partial charge is 0.0916 e. The number of hydrogen-bond acceptors (Lipinski definition) is 3. The lowest BCUT2D eigenvalue weighted by atomic mass is 10.1. The molecule has 1 atom stereocenters. The molecule has 1 fully saturated rings. The van der Waals surface area contributed by atoms with E-state index in [1.807, 2.05) is 12.1 Å². The summed E-state index contributed by atoms with van der Waals surface area (Å²) in [4.78, 5) is 2.19. The molecule has 102 valence electrons. The van der Waals surface area contributed by atoms with Gasteiger partial charge in [-0.2, -0.15) is 5.26 Å². The number of nitrogens with zero attached hydrogens (tertiary/aromatic N) is 2. The Labute approximate surface area is 119 Å². The Morgan fingerprint density at radius 2 is 2.05 bits per heavy atom. The van der Waals surface area contributed by atoms with Crippen molar-refractivity contribution in [2.75, 3.05) is 19.6 Å². The summed E-state index contributed by atoms with van der Waals surface area (Å²) in [6.07, 6.45) is 2.55. The fraction of sp³-hybridized carbons (Fsp3) is 0.533. The number of hydrogen-bond donors (Lipinski definition) is 1. The average molecular weight is 279 g/mol. The Kier molecular flexibility index (Phi) is 5.21. The first kappa shape index (κ1) is 14.3. The second-order valence-corrected chi connectivity index (χ2v) is 5.61. The van der Waals surface area contributed by atoms with E-state index >= 15 is 0 Å². The molecule has 1 saturated carbocycles. The van der Waals surface area contributed by atoms with Crippen LogP contribution in [0.25, 0.3) is 0 Å². The van der Waals surface area contributed by atoms with Gasteiger partial charge in [-0.1, -0.05) is 23.7 Å². The van der Waals surface area contributed by atoms with Crippen molar-refractivity contribution >= 4 is 11.6 Å². The largest absolute Gasteiger partial charge is 0.387 e. The monoisotopic (exact) mass is 278 g/mol. The number of aliphatic hydroxyl groups is 1. The summed E-state index contributed by atoms with van der Waals surface area (Å²) < 4.78 is 0. The second-order valence-electron chi connectivity index (χ2n) is 5.18. The maximum absolute atomic E-state index is 10.2. The van der Waals surface area contributed by atoms with Crippen LogP contribution in [0.1, 0.15) is 30.9 Å². The lowest BCUT2D eigenvalue weighted by Crippen LogP contribution is -2.31. The first-order valence-electron chi connectivity index (χ1n) is 6.72. The molecule has 19 heavy (non-hydrogen) atoms. The SMILES string of the molecule is N#CCCN(CC1CC1)CC(O)c1ccc(Cl)cc1. The number of nitriles is 1. The van der Waals surface area contributed by atoms with E-state index in [2.05, 4.69) is 11.0 Å². The third kappa shape index (κ3) is 4.83. The topological polar surface area (TPSA) is 47.3 Å². The Bertz CT molecular complexity index is 436. The van der Waals surface area contributed by atoms with E-state index in [1.54, 1.807) is 12.1 Å². The fourth-order valence-corrected chi connectivity index (χ4v) is 2.29. The summed E-state index contributed by atoms with van der Waals surface area (Å²) in [7, 11) is 0. The van der Waals surface area contributed by atoms with Crippen molar-refractivity contribution < 1.29 is 5.11 Å². The summed E-state index contributed by atoms with van der Waals surface area (Å²) in [5, 5.41) is 19.6. The van der Waals surface area contributed by atoms with Crippen molar-refractivity contribution in [3.8, 4) is 6.07 Å². The molecular formula is C15H19ClN2O. The maximum atomic E-state index is 10.2. The fourth-order valence-electron chi connectivity index (χ4n) is 2.17. The molecule has 0 bridgehead atoms. The van der Waals surface area contributed by atoms with Crippen molar-refractivity contribution in [2.45, 2.75) is 25.4 Å². The number of rotatable bonds is 7. The van der Waals surface area contributed by atoms with Crippen LogP contribution < -0.4 is 0 Å². The van der Waals surface area contributed by atoms with Gasteiger partial charge in [-0.05, 0) is 36.5 Å². The van der Waals surface area contributed by atoms with Gasteiger partial charge in [0.15, 0.2) is 0 Å². The molecule has 0 aromatic heterocycles. The van der Waals surface area contributed by atoms with Crippen LogP contribution in [0.2, 0.25) is 5.02 Å². The summed E-state index contributed by atoms with van der Waals surface area (Å²) >= 11 is 5.84. The van der Waals surface area contributed by atoms with E-state index < -0.39 is 6.10 Å². The zero-order valence-electron chi connectivity index (χ0n) is 10.9. The van der Waals surface area contributed by atoms with Crippen molar-refractivity contribution in [1.82, 2.24) is 4.90 Å². The minimum atomic E-state index is -0.519. The minimum Gasteiger partial charge on any atom is -0.387 e. The number of aliphatic hydroxyl groups excluding tert-OH is 1. The van der Waals surface area contributed by atoms with Crippen LogP contribution >= 0.6 is 11.6 Å². The van der Waals surface area contributed by atoms with Crippen LogP contribution in [0, 0.1) is 17.2 Å². The van der Waals surface area contributed by atoms with E-state index in [9.17, 15) is 5.11 Å². The van der Waals surface area contributed by atoms with Crippen molar-refractivity contribution in [2.24, 2.45) is 5.92 Å². The third-order valence-corrected chi connectivity index (χ3v) is 3.69. The van der Waals surface area contributed by atoms with Gasteiger partial charge in [0.05, 0.1) is 12.2 Å². The minimum absolute atomic E-state index is 0.514. The van der Waals surface area contributed by atoms with Gasteiger partial charge in [0.1, 0.15) is 0 Å². The summed E-state index contributed by atoms with van der Waals surface area (Å²) in [5.74, 6) is 0.760. The van der Waals surface area contributed by atoms with Crippen LogP contribution in [0.5, 0.6) is 0 Å². The predicted octanol–water partition coefficient (Wildman–Crippen LogP) is 3.00. The molecule has 1 aromatic carbocycles. The number of benzene rings is 1. The molecule has 0 saturated heterocycles. The van der Waals surface area contributed by atoms with Gasteiger partial charge < -0.3 is 5.11 Å². The predicted molar refractivity (Wildman–Crippen MR) is 75.8 cm³/mol. The Morgan fingerprint density at radius 3 is 2.63 bits per heavy atom. The first-order chi connectivity index (χ1) is 9.19. The molecule has 0 spiro atoms. The van der Waals surface area contributed by atoms with Gasteiger partial charge in [-0.25, -0.2) is 0 Å². The highest BCUT2D eigenvalue weighted by atomic mass is 35.5. The van der Waals surface area contributed by atoms with E-state index in [0.717, 1.165) is 24.6 Å². The molecule has 1 aromatic rings. The van der Waals surface area contributed by atoms with E-state index in [4.69, 9.17) is 16.9 Å². The lowest BCUT2D eigenvalue weighted by molar-refractivity contribution is 0.111. The van der Waals surface area contributed by atoms with Gasteiger partial charge in [0.2, 0.25) is 0 Å². The zero-order chi connectivity index (χ0) is 13.7. The molecule has 1 unspecified atom stereocenters. The van der Waals surface area contributed by atoms with Crippen LogP contribution in [0.4, 0.5) is 0 Å². The van der Waals surface area contributed by atoms with Gasteiger partial charge in [-0.3, -0.25) is 4.90 Å². The molecule has 1 aliphatic rings. The van der Waals surface area contributed by atoms with Crippen LogP contribution in [-0.2, 0) is 0 Å². The highest BCUT2D eigenvalue weighted by Crippen LogP contribution is 2.30. The van der Waals surface area contributed by atoms with Crippen molar-refractivity contribution in [1.29, 1.82) is 5.26 Å². The van der Waals surface area contributed by atoms with Crippen molar-refractivity contribution in [3.05, 3.63) is 34.9 Å². The molecule has 0 heterocycles. The molecule has 0 amide bonds. The van der Waals surface area contributed by atoms with Gasteiger partial charge in [0.25, 0.3) is 0 Å². The standard InChI is InChI=1S/C15H19ClN2O/c16-14-6-4-13(5-7-14)15(19)11-18(9-1-8-17)10-12-2-3-12/h4-7,12,15,19H,1-3,9-11H2. The third-order valence-electron chi connectivity index (χ3n) is 3.44. The molecular weight excluding hydrogens is 260 g/mol. The molecule has 2 rings (SSSR count). The second kappa shape index (κ2) is 6.91. The lowest BCUT2D eigenvalue weighted by Gasteiger charge is -2.24. The maximum Gasteiger partial charge on any atom is 0.0916 e. The first-order valence-corrected chi connectivity index (χ1v) is 7.09. The van der Waals surface area contributed by atoms with Gasteiger partial charge in [-0.15, -0.1) is 0 Å². The van der Waals surface area contributed by atoms with Crippen molar-refractivity contribution in [3.63, 3.8) is 0 Å². The number of halogens is 1. The average Bonchev–Trinajstić information content (AvgIpc) is 3.20. The molecule has 1 aliphatic carbocycles. The van der Waals surface area contributed by atoms with Crippen LogP contribution in [0.15, 0.2) is 24.3 Å². The highest BCUT2D eigenvalue weighted by Gasteiger charge is 2.25. The summed E-state index contributed by atoms with van der Waals surface area (Å²) in [6, 6.07) is 9.46. The quantitative estimate of drug-likeness (QED) is 0.834. The van der Waals surface area contributed by atoms with Gasteiger partial charge >= 0.3 is 0 Å². The molecule has 3 nitrogen and oxygen atoms in total. The Balaban J connectivity index is 1.90. The summed E-state index contributed by atoms with van der Waals surface area (Å²) in [6.45, 7) is 2.31. The van der Waals surface area contributed by atoms with Crippen LogP contribution in [0.3, 0.4) is 0 Å². The zero-order valence-corrected chi connectivity index (χ0v) is 11.7.